The lowest BCUT2D eigenvalue weighted by Crippen LogP contribution is -2.51. The summed E-state index contributed by atoms with van der Waals surface area (Å²) < 4.78 is 0. The summed E-state index contributed by atoms with van der Waals surface area (Å²) in [4.78, 5) is 28.3. The summed E-state index contributed by atoms with van der Waals surface area (Å²) in [6.45, 7) is 4.03. The topological polar surface area (TPSA) is 52.6 Å². The molecule has 0 radical (unpaired) electrons. The average Bonchev–Trinajstić information content (AvgIpc) is 2.94. The first kappa shape index (κ1) is 17.0. The van der Waals surface area contributed by atoms with Gasteiger partial charge in [0.1, 0.15) is 0 Å². The van der Waals surface area contributed by atoms with Crippen LogP contribution < -0.4 is 4.90 Å². The van der Waals surface area contributed by atoms with Crippen molar-refractivity contribution in [1.82, 2.24) is 19.8 Å². The van der Waals surface area contributed by atoms with Gasteiger partial charge < -0.3 is 9.80 Å². The molecule has 1 unspecified atom stereocenters. The number of anilines is 1. The van der Waals surface area contributed by atoms with Crippen molar-refractivity contribution in [3.05, 3.63) is 53.9 Å². The third-order valence-electron chi connectivity index (χ3n) is 5.41. The van der Waals surface area contributed by atoms with Gasteiger partial charge in [-0.25, -0.2) is 9.97 Å². The smallest absolute Gasteiger partial charge is 0.240 e. The van der Waals surface area contributed by atoms with Gasteiger partial charge in [0, 0.05) is 45.1 Å². The van der Waals surface area contributed by atoms with Gasteiger partial charge in [0.2, 0.25) is 11.9 Å². The lowest BCUT2D eigenvalue weighted by Gasteiger charge is -2.36. The number of carbonyl (C=O) groups excluding carboxylic acids is 1. The number of hydrogen-bond donors (Lipinski definition) is 0. The molecule has 26 heavy (non-hydrogen) atoms. The van der Waals surface area contributed by atoms with E-state index < -0.39 is 0 Å². The molecule has 0 spiro atoms. The van der Waals surface area contributed by atoms with Gasteiger partial charge >= 0.3 is 0 Å². The number of benzene rings is 1. The number of amides is 1. The predicted octanol–water partition coefficient (Wildman–Crippen LogP) is 1.57. The number of carbonyl (C=O) groups is 1. The Morgan fingerprint density at radius 2 is 1.77 bits per heavy atom. The Hall–Kier alpha value is -2.47. The minimum absolute atomic E-state index is 0.0653. The van der Waals surface area contributed by atoms with Crippen LogP contribution in [0.3, 0.4) is 0 Å². The first-order chi connectivity index (χ1) is 12.7. The van der Waals surface area contributed by atoms with Gasteiger partial charge in [-0.15, -0.1) is 0 Å². The fourth-order valence-corrected chi connectivity index (χ4v) is 3.93. The minimum Gasteiger partial charge on any atom is -0.339 e. The van der Waals surface area contributed by atoms with Crippen molar-refractivity contribution < 1.29 is 4.79 Å². The summed E-state index contributed by atoms with van der Waals surface area (Å²) in [5.41, 5.74) is 2.64. The standard InChI is InChI=1S/C20H25N5O/c1-23-15-17-7-3-2-6-16(17)14-18(23)19(26)24-10-5-11-25(13-12-24)20-21-8-4-9-22-20/h2-4,6-9,18H,5,10-15H2,1H3. The molecule has 0 bridgehead atoms. The molecule has 1 atom stereocenters. The normalized spacial score (nSPS) is 21.2. The van der Waals surface area contributed by atoms with Gasteiger partial charge in [-0.3, -0.25) is 9.69 Å². The molecule has 2 aliphatic rings. The van der Waals surface area contributed by atoms with Crippen molar-refractivity contribution in [1.29, 1.82) is 0 Å². The average molecular weight is 351 g/mol. The maximum Gasteiger partial charge on any atom is 0.240 e. The molecular weight excluding hydrogens is 326 g/mol. The van der Waals surface area contributed by atoms with E-state index in [-0.39, 0.29) is 11.9 Å². The molecule has 2 aliphatic heterocycles. The van der Waals surface area contributed by atoms with E-state index in [9.17, 15) is 4.79 Å². The van der Waals surface area contributed by atoms with Crippen molar-refractivity contribution in [2.75, 3.05) is 38.1 Å². The Morgan fingerprint density at radius 1 is 1.00 bits per heavy atom. The summed E-state index contributed by atoms with van der Waals surface area (Å²) in [5.74, 6) is 1.00. The number of nitrogens with zero attached hydrogens (tertiary/aromatic N) is 5. The molecular formula is C20H25N5O. The van der Waals surface area contributed by atoms with E-state index in [2.05, 4.69) is 51.1 Å². The van der Waals surface area contributed by atoms with Gasteiger partial charge in [0.15, 0.2) is 0 Å². The summed E-state index contributed by atoms with van der Waals surface area (Å²) in [7, 11) is 2.06. The van der Waals surface area contributed by atoms with Gasteiger partial charge in [-0.2, -0.15) is 0 Å². The second-order valence-electron chi connectivity index (χ2n) is 7.12. The van der Waals surface area contributed by atoms with Gasteiger partial charge in [0.25, 0.3) is 0 Å². The van der Waals surface area contributed by atoms with Crippen LogP contribution in [-0.2, 0) is 17.8 Å². The van der Waals surface area contributed by atoms with Crippen molar-refractivity contribution >= 4 is 11.9 Å². The number of rotatable bonds is 2. The van der Waals surface area contributed by atoms with Gasteiger partial charge in [-0.1, -0.05) is 24.3 Å². The summed E-state index contributed by atoms with van der Waals surface area (Å²) in [6, 6.07) is 10.2. The van der Waals surface area contributed by atoms with Crippen LogP contribution >= 0.6 is 0 Å². The van der Waals surface area contributed by atoms with E-state index in [1.165, 1.54) is 11.1 Å². The third kappa shape index (κ3) is 3.42. The summed E-state index contributed by atoms with van der Waals surface area (Å²) >= 11 is 0. The van der Waals surface area contributed by atoms with Crippen molar-refractivity contribution in [2.24, 2.45) is 0 Å². The van der Waals surface area contributed by atoms with Crippen molar-refractivity contribution in [3.63, 3.8) is 0 Å². The van der Waals surface area contributed by atoms with E-state index in [4.69, 9.17) is 0 Å². The van der Waals surface area contributed by atoms with Crippen LogP contribution in [-0.4, -0.2) is 64.9 Å². The van der Waals surface area contributed by atoms with Crippen LogP contribution in [0.15, 0.2) is 42.7 Å². The van der Waals surface area contributed by atoms with Crippen LogP contribution in [0, 0.1) is 0 Å². The quantitative estimate of drug-likeness (QED) is 0.822. The largest absolute Gasteiger partial charge is 0.339 e. The monoisotopic (exact) mass is 351 g/mol. The molecule has 1 fully saturated rings. The van der Waals surface area contributed by atoms with Gasteiger partial charge in [-0.05, 0) is 37.1 Å². The molecule has 0 saturated carbocycles. The Labute approximate surface area is 154 Å². The molecule has 0 aliphatic carbocycles. The maximum absolute atomic E-state index is 13.2. The second-order valence-corrected chi connectivity index (χ2v) is 7.12. The highest BCUT2D eigenvalue weighted by Crippen LogP contribution is 2.23. The Bertz CT molecular complexity index is 766. The Morgan fingerprint density at radius 3 is 2.58 bits per heavy atom. The number of fused-ring (bicyclic) bond motifs is 1. The van der Waals surface area contributed by atoms with E-state index in [0.717, 1.165) is 51.5 Å². The van der Waals surface area contributed by atoms with Crippen LogP contribution in [0.4, 0.5) is 5.95 Å². The van der Waals surface area contributed by atoms with E-state index in [0.29, 0.717) is 0 Å². The van der Waals surface area contributed by atoms with Gasteiger partial charge in [0.05, 0.1) is 6.04 Å². The third-order valence-corrected chi connectivity index (χ3v) is 5.41. The molecule has 136 valence electrons. The molecule has 3 heterocycles. The molecule has 2 aromatic rings. The highest BCUT2D eigenvalue weighted by molar-refractivity contribution is 5.82. The van der Waals surface area contributed by atoms with Crippen LogP contribution in [0.25, 0.3) is 0 Å². The molecule has 1 aromatic carbocycles. The lowest BCUT2D eigenvalue weighted by atomic mass is 9.93. The molecule has 6 nitrogen and oxygen atoms in total. The molecule has 6 heteroatoms. The summed E-state index contributed by atoms with van der Waals surface area (Å²) in [5, 5.41) is 0. The first-order valence-corrected chi connectivity index (χ1v) is 9.30. The van der Waals surface area contributed by atoms with E-state index in [1.54, 1.807) is 12.4 Å². The van der Waals surface area contributed by atoms with E-state index in [1.807, 2.05) is 11.0 Å². The zero-order valence-electron chi connectivity index (χ0n) is 15.2. The van der Waals surface area contributed by atoms with Crippen LogP contribution in [0.1, 0.15) is 17.5 Å². The zero-order chi connectivity index (χ0) is 17.9. The Kier molecular flexibility index (Phi) is 4.84. The maximum atomic E-state index is 13.2. The number of hydrogen-bond acceptors (Lipinski definition) is 5. The van der Waals surface area contributed by atoms with Crippen LogP contribution in [0.2, 0.25) is 0 Å². The first-order valence-electron chi connectivity index (χ1n) is 9.30. The fraction of sp³-hybridized carbons (Fsp3) is 0.450. The number of likely N-dealkylation sites (N-methyl/N-ethyl adjacent to an activating group) is 1. The minimum atomic E-state index is -0.0653. The second kappa shape index (κ2) is 7.41. The predicted molar refractivity (Wildman–Crippen MR) is 101 cm³/mol. The Balaban J connectivity index is 1.44. The summed E-state index contributed by atoms with van der Waals surface area (Å²) in [6.07, 6.45) is 5.28. The molecule has 1 aromatic heterocycles. The SMILES string of the molecule is CN1Cc2ccccc2CC1C(=O)N1CCCN(c2ncccn2)CC1. The molecule has 4 rings (SSSR count). The van der Waals surface area contributed by atoms with Crippen molar-refractivity contribution in [2.45, 2.75) is 25.4 Å². The molecule has 1 saturated heterocycles. The van der Waals surface area contributed by atoms with Crippen molar-refractivity contribution in [3.8, 4) is 0 Å². The highest BCUT2D eigenvalue weighted by Gasteiger charge is 2.32. The zero-order valence-corrected chi connectivity index (χ0v) is 15.2. The molecule has 0 N–H and O–H groups in total. The highest BCUT2D eigenvalue weighted by atomic mass is 16.2. The van der Waals surface area contributed by atoms with Crippen LogP contribution in [0.5, 0.6) is 0 Å². The number of aromatic nitrogens is 2. The molecule has 1 amide bonds. The lowest BCUT2D eigenvalue weighted by molar-refractivity contribution is -0.136. The van der Waals surface area contributed by atoms with E-state index >= 15 is 0 Å². The fourth-order valence-electron chi connectivity index (χ4n) is 3.93.